The molecule has 21 heavy (non-hydrogen) atoms. The molecule has 0 aliphatic rings. The highest BCUT2D eigenvalue weighted by molar-refractivity contribution is 5.77. The second-order valence-corrected chi connectivity index (χ2v) is 4.45. The summed E-state index contributed by atoms with van der Waals surface area (Å²) in [5.74, 6) is -0.870. The van der Waals surface area contributed by atoms with E-state index in [2.05, 4.69) is 15.3 Å². The molecule has 2 aromatic carbocycles. The fourth-order valence-electron chi connectivity index (χ4n) is 1.94. The summed E-state index contributed by atoms with van der Waals surface area (Å²) < 4.78 is 31.1. The molecule has 1 aromatic heterocycles. The summed E-state index contributed by atoms with van der Waals surface area (Å²) in [7, 11) is 0. The van der Waals surface area contributed by atoms with Crippen LogP contribution in [0, 0.1) is 11.6 Å². The second kappa shape index (κ2) is 5.78. The van der Waals surface area contributed by atoms with Crippen LogP contribution in [0.3, 0.4) is 0 Å². The van der Waals surface area contributed by atoms with Crippen LogP contribution >= 0.6 is 0 Å². The highest BCUT2D eigenvalue weighted by Crippen LogP contribution is 2.15. The molecular formula is C15H13F2N3O. The fraction of sp³-hybridized carbons (Fsp3) is 0.133. The molecule has 0 aliphatic heterocycles. The lowest BCUT2D eigenvalue weighted by atomic mass is 10.3. The third-order valence-electron chi connectivity index (χ3n) is 2.94. The molecule has 0 saturated carbocycles. The summed E-state index contributed by atoms with van der Waals surface area (Å²) >= 11 is 0. The van der Waals surface area contributed by atoms with Crippen molar-refractivity contribution in [1.29, 1.82) is 0 Å². The third-order valence-corrected chi connectivity index (χ3v) is 2.94. The van der Waals surface area contributed by atoms with Crippen LogP contribution in [0.5, 0.6) is 5.75 Å². The SMILES string of the molecule is Fc1ccc(OCCNc2nc3ccccc3[nH]2)cc1F. The van der Waals surface area contributed by atoms with E-state index in [-0.39, 0.29) is 0 Å². The Morgan fingerprint density at radius 1 is 1.10 bits per heavy atom. The Bertz CT molecular complexity index is 725. The monoisotopic (exact) mass is 289 g/mol. The molecule has 0 unspecified atom stereocenters. The number of benzene rings is 2. The van der Waals surface area contributed by atoms with Gasteiger partial charge in [-0.1, -0.05) is 12.1 Å². The largest absolute Gasteiger partial charge is 0.492 e. The number of halogens is 2. The molecule has 3 aromatic rings. The van der Waals surface area contributed by atoms with Crippen LogP contribution in [0.25, 0.3) is 11.0 Å². The normalized spacial score (nSPS) is 10.8. The molecule has 0 saturated heterocycles. The lowest BCUT2D eigenvalue weighted by Gasteiger charge is -2.07. The first kappa shape index (κ1) is 13.4. The number of hydrogen-bond acceptors (Lipinski definition) is 3. The summed E-state index contributed by atoms with van der Waals surface area (Å²) in [6.07, 6.45) is 0. The standard InChI is InChI=1S/C15H13F2N3O/c16-11-6-5-10(9-12(11)17)21-8-7-18-15-19-13-3-1-2-4-14(13)20-15/h1-6,9H,7-8H2,(H2,18,19,20). The highest BCUT2D eigenvalue weighted by Gasteiger charge is 2.04. The van der Waals surface area contributed by atoms with E-state index < -0.39 is 11.6 Å². The van der Waals surface area contributed by atoms with Gasteiger partial charge in [0.25, 0.3) is 0 Å². The predicted molar refractivity (Wildman–Crippen MR) is 76.4 cm³/mol. The molecule has 0 bridgehead atoms. The van der Waals surface area contributed by atoms with Gasteiger partial charge >= 0.3 is 0 Å². The van der Waals surface area contributed by atoms with Crippen LogP contribution in [-0.4, -0.2) is 23.1 Å². The molecule has 0 aliphatic carbocycles. The van der Waals surface area contributed by atoms with E-state index in [1.54, 1.807) is 0 Å². The number of ether oxygens (including phenoxy) is 1. The molecule has 6 heteroatoms. The summed E-state index contributed by atoms with van der Waals surface area (Å²) in [5, 5.41) is 3.07. The van der Waals surface area contributed by atoms with Crippen molar-refractivity contribution in [2.75, 3.05) is 18.5 Å². The molecule has 0 fully saturated rings. The summed E-state index contributed by atoms with van der Waals surface area (Å²) in [5.41, 5.74) is 1.82. The molecule has 3 rings (SSSR count). The van der Waals surface area contributed by atoms with Crippen molar-refractivity contribution in [3.05, 3.63) is 54.1 Å². The molecule has 0 amide bonds. The minimum Gasteiger partial charge on any atom is -0.492 e. The van der Waals surface area contributed by atoms with E-state index in [4.69, 9.17) is 4.74 Å². The van der Waals surface area contributed by atoms with E-state index >= 15 is 0 Å². The zero-order chi connectivity index (χ0) is 14.7. The number of hydrogen-bond donors (Lipinski definition) is 2. The van der Waals surface area contributed by atoms with Gasteiger partial charge in [-0.05, 0) is 24.3 Å². The smallest absolute Gasteiger partial charge is 0.201 e. The lowest BCUT2D eigenvalue weighted by Crippen LogP contribution is -2.12. The van der Waals surface area contributed by atoms with Crippen molar-refractivity contribution in [3.63, 3.8) is 0 Å². The maximum absolute atomic E-state index is 13.0. The van der Waals surface area contributed by atoms with Gasteiger partial charge in [0.15, 0.2) is 11.6 Å². The molecule has 0 radical (unpaired) electrons. The molecular weight excluding hydrogens is 276 g/mol. The number of fused-ring (bicyclic) bond motifs is 1. The maximum Gasteiger partial charge on any atom is 0.201 e. The van der Waals surface area contributed by atoms with Crippen molar-refractivity contribution >= 4 is 17.0 Å². The number of aromatic nitrogens is 2. The Labute approximate surface area is 119 Å². The topological polar surface area (TPSA) is 49.9 Å². The number of anilines is 1. The third kappa shape index (κ3) is 3.10. The summed E-state index contributed by atoms with van der Waals surface area (Å²) in [6, 6.07) is 11.1. The van der Waals surface area contributed by atoms with E-state index in [1.165, 1.54) is 6.07 Å². The number of nitrogens with one attached hydrogen (secondary N) is 2. The molecule has 4 nitrogen and oxygen atoms in total. The van der Waals surface area contributed by atoms with E-state index in [1.807, 2.05) is 24.3 Å². The van der Waals surface area contributed by atoms with Crippen LogP contribution in [-0.2, 0) is 0 Å². The first-order valence-corrected chi connectivity index (χ1v) is 6.49. The van der Waals surface area contributed by atoms with Gasteiger partial charge in [-0.15, -0.1) is 0 Å². The Kier molecular flexibility index (Phi) is 3.68. The van der Waals surface area contributed by atoms with Gasteiger partial charge < -0.3 is 15.0 Å². The predicted octanol–water partition coefficient (Wildman–Crippen LogP) is 3.33. The Morgan fingerprint density at radius 2 is 1.95 bits per heavy atom. The second-order valence-electron chi connectivity index (χ2n) is 4.45. The number of nitrogens with zero attached hydrogens (tertiary/aromatic N) is 1. The zero-order valence-electron chi connectivity index (χ0n) is 11.1. The number of para-hydroxylation sites is 2. The minimum absolute atomic E-state index is 0.292. The Morgan fingerprint density at radius 3 is 2.76 bits per heavy atom. The summed E-state index contributed by atoms with van der Waals surface area (Å²) in [6.45, 7) is 0.793. The molecule has 108 valence electrons. The van der Waals surface area contributed by atoms with Crippen molar-refractivity contribution in [2.24, 2.45) is 0 Å². The zero-order valence-corrected chi connectivity index (χ0v) is 11.1. The number of rotatable bonds is 5. The molecule has 0 spiro atoms. The van der Waals surface area contributed by atoms with Crippen LogP contribution < -0.4 is 10.1 Å². The van der Waals surface area contributed by atoms with Gasteiger partial charge in [0, 0.05) is 6.07 Å². The van der Waals surface area contributed by atoms with Crippen molar-refractivity contribution in [1.82, 2.24) is 9.97 Å². The summed E-state index contributed by atoms with van der Waals surface area (Å²) in [4.78, 5) is 7.47. The molecule has 0 atom stereocenters. The fourth-order valence-corrected chi connectivity index (χ4v) is 1.94. The quantitative estimate of drug-likeness (QED) is 0.708. The average Bonchev–Trinajstić information content (AvgIpc) is 2.90. The number of H-pyrrole nitrogens is 1. The van der Waals surface area contributed by atoms with Crippen LogP contribution in [0.1, 0.15) is 0 Å². The first-order chi connectivity index (χ1) is 10.2. The van der Waals surface area contributed by atoms with E-state index in [9.17, 15) is 8.78 Å². The highest BCUT2D eigenvalue weighted by atomic mass is 19.2. The van der Waals surface area contributed by atoms with Gasteiger partial charge in [-0.3, -0.25) is 0 Å². The Hall–Kier alpha value is -2.63. The number of aromatic amines is 1. The maximum atomic E-state index is 13.0. The molecule has 1 heterocycles. The van der Waals surface area contributed by atoms with Crippen molar-refractivity contribution in [2.45, 2.75) is 0 Å². The van der Waals surface area contributed by atoms with Crippen LogP contribution in [0.4, 0.5) is 14.7 Å². The lowest BCUT2D eigenvalue weighted by molar-refractivity contribution is 0.329. The van der Waals surface area contributed by atoms with Gasteiger partial charge in [0.1, 0.15) is 12.4 Å². The Balaban J connectivity index is 1.52. The van der Waals surface area contributed by atoms with Gasteiger partial charge in [-0.2, -0.15) is 0 Å². The van der Waals surface area contributed by atoms with Gasteiger partial charge in [-0.25, -0.2) is 13.8 Å². The van der Waals surface area contributed by atoms with Crippen molar-refractivity contribution < 1.29 is 13.5 Å². The van der Waals surface area contributed by atoms with E-state index in [0.29, 0.717) is 24.8 Å². The average molecular weight is 289 g/mol. The first-order valence-electron chi connectivity index (χ1n) is 6.49. The van der Waals surface area contributed by atoms with Crippen molar-refractivity contribution in [3.8, 4) is 5.75 Å². The van der Waals surface area contributed by atoms with E-state index in [0.717, 1.165) is 23.2 Å². The number of imidazole rings is 1. The van der Waals surface area contributed by atoms with Gasteiger partial charge in [0.05, 0.1) is 17.6 Å². The minimum atomic E-state index is -0.919. The van der Waals surface area contributed by atoms with Crippen LogP contribution in [0.2, 0.25) is 0 Å². The molecule has 2 N–H and O–H groups in total. The van der Waals surface area contributed by atoms with Gasteiger partial charge in [0.2, 0.25) is 5.95 Å². The van der Waals surface area contributed by atoms with Crippen LogP contribution in [0.15, 0.2) is 42.5 Å².